The fraction of sp³-hybridized carbons (Fsp3) is 0.754. The molecule has 0 aromatic heterocycles. The van der Waals surface area contributed by atoms with Crippen molar-refractivity contribution in [3.63, 3.8) is 0 Å². The van der Waals surface area contributed by atoms with E-state index in [9.17, 15) is 14.4 Å². The van der Waals surface area contributed by atoms with Crippen LogP contribution in [0.1, 0.15) is 316 Å². The van der Waals surface area contributed by atoms with Crippen molar-refractivity contribution in [2.75, 3.05) is 13.2 Å². The number of allylic oxidation sites excluding steroid dienone is 14. The molecule has 0 aliphatic rings. The molecule has 0 aromatic carbocycles. The van der Waals surface area contributed by atoms with Gasteiger partial charge in [-0.05, 0) is 96.3 Å². The van der Waals surface area contributed by atoms with Gasteiger partial charge in [0.15, 0.2) is 6.10 Å². The van der Waals surface area contributed by atoms with Gasteiger partial charge in [0, 0.05) is 19.3 Å². The van der Waals surface area contributed by atoms with Gasteiger partial charge in [0.05, 0.1) is 0 Å². The molecule has 0 fully saturated rings. The van der Waals surface area contributed by atoms with Gasteiger partial charge in [0.25, 0.3) is 0 Å². The maximum Gasteiger partial charge on any atom is 0.306 e. The Hall–Kier alpha value is -3.41. The van der Waals surface area contributed by atoms with Gasteiger partial charge in [-0.3, -0.25) is 14.4 Å². The number of unbranched alkanes of at least 4 members (excludes halogenated alkanes) is 33. The van der Waals surface area contributed by atoms with Crippen LogP contribution in [0.25, 0.3) is 0 Å². The highest BCUT2D eigenvalue weighted by Gasteiger charge is 2.19. The van der Waals surface area contributed by atoms with Crippen molar-refractivity contribution in [3.8, 4) is 0 Å². The predicted molar refractivity (Wildman–Crippen MR) is 325 cm³/mol. The molecular formula is C69H120O6. The first-order valence-corrected chi connectivity index (χ1v) is 32.1. The third-order valence-electron chi connectivity index (χ3n) is 13.9. The van der Waals surface area contributed by atoms with Gasteiger partial charge in [0.1, 0.15) is 13.2 Å². The van der Waals surface area contributed by atoms with E-state index in [0.717, 1.165) is 109 Å². The standard InChI is InChI=1S/C69H120O6/c1-4-7-10-13-16-19-22-25-28-30-32-33-34-35-37-38-41-44-47-50-53-56-59-62-68(71)74-65-66(64-73-67(70)61-58-55-52-49-46-43-40-27-24-21-18-15-12-9-6-3)75-69(72)63-60-57-54-51-48-45-42-39-36-31-29-26-23-20-17-14-11-8-5-2/h9,12,17-18,20-21,26-27,29,36,39-40,46,49,66H,4-8,10-11,13-16,19,22-25,28,30-35,37-38,41-45,47-48,50-65H2,1-3H3/b12-9-,20-17-,21-18-,29-26-,39-36-,40-27-,49-46-. The largest absolute Gasteiger partial charge is 0.462 e. The Labute approximate surface area is 465 Å². The van der Waals surface area contributed by atoms with Crippen LogP contribution < -0.4 is 0 Å². The van der Waals surface area contributed by atoms with E-state index in [1.807, 2.05) is 0 Å². The highest BCUT2D eigenvalue weighted by atomic mass is 16.6. The third-order valence-corrected chi connectivity index (χ3v) is 13.9. The lowest BCUT2D eigenvalue weighted by atomic mass is 10.0. The summed E-state index contributed by atoms with van der Waals surface area (Å²) >= 11 is 0. The van der Waals surface area contributed by atoms with Crippen molar-refractivity contribution in [3.05, 3.63) is 85.1 Å². The van der Waals surface area contributed by atoms with E-state index in [1.165, 1.54) is 167 Å². The zero-order chi connectivity index (χ0) is 54.3. The first-order valence-electron chi connectivity index (χ1n) is 32.1. The fourth-order valence-electron chi connectivity index (χ4n) is 9.09. The molecule has 0 spiro atoms. The molecule has 1 unspecified atom stereocenters. The van der Waals surface area contributed by atoms with Gasteiger partial charge in [-0.25, -0.2) is 0 Å². The van der Waals surface area contributed by atoms with Crippen LogP contribution in [0.5, 0.6) is 0 Å². The molecule has 1 atom stereocenters. The number of esters is 3. The molecule has 0 radical (unpaired) electrons. The summed E-state index contributed by atoms with van der Waals surface area (Å²) in [5, 5.41) is 0. The first-order chi connectivity index (χ1) is 37.0. The van der Waals surface area contributed by atoms with Gasteiger partial charge < -0.3 is 14.2 Å². The van der Waals surface area contributed by atoms with Crippen LogP contribution >= 0.6 is 0 Å². The van der Waals surface area contributed by atoms with E-state index < -0.39 is 6.10 Å². The number of hydrogen-bond acceptors (Lipinski definition) is 6. The monoisotopic (exact) mass is 1040 g/mol. The molecule has 0 amide bonds. The molecule has 0 aliphatic carbocycles. The lowest BCUT2D eigenvalue weighted by Crippen LogP contribution is -2.30. The summed E-state index contributed by atoms with van der Waals surface area (Å²) in [5.41, 5.74) is 0. The number of ether oxygens (including phenoxy) is 3. The topological polar surface area (TPSA) is 78.9 Å². The second-order valence-corrected chi connectivity index (χ2v) is 21.3. The minimum absolute atomic E-state index is 0.0929. The normalized spacial score (nSPS) is 12.6. The number of rotatable bonds is 58. The van der Waals surface area contributed by atoms with Crippen molar-refractivity contribution in [2.24, 2.45) is 0 Å². The zero-order valence-electron chi connectivity index (χ0n) is 49.6. The molecule has 6 heteroatoms. The number of carbonyl (C=O) groups excluding carboxylic acids is 3. The second-order valence-electron chi connectivity index (χ2n) is 21.3. The maximum atomic E-state index is 12.9. The summed E-state index contributed by atoms with van der Waals surface area (Å²) in [6, 6.07) is 0. The Morgan fingerprint density at radius 3 is 0.867 bits per heavy atom. The van der Waals surface area contributed by atoms with Gasteiger partial charge in [-0.1, -0.05) is 286 Å². The average molecular weight is 1050 g/mol. The van der Waals surface area contributed by atoms with Crippen LogP contribution in [0.15, 0.2) is 85.1 Å². The van der Waals surface area contributed by atoms with Crippen LogP contribution in [-0.4, -0.2) is 37.2 Å². The molecule has 6 nitrogen and oxygen atoms in total. The van der Waals surface area contributed by atoms with Crippen molar-refractivity contribution < 1.29 is 28.6 Å². The average Bonchev–Trinajstić information content (AvgIpc) is 3.41. The van der Waals surface area contributed by atoms with E-state index in [4.69, 9.17) is 14.2 Å². The molecule has 0 saturated heterocycles. The minimum atomic E-state index is -0.801. The van der Waals surface area contributed by atoms with E-state index in [2.05, 4.69) is 106 Å². The van der Waals surface area contributed by atoms with Crippen molar-refractivity contribution in [1.29, 1.82) is 0 Å². The summed E-state index contributed by atoms with van der Waals surface area (Å²) in [4.78, 5) is 38.3. The quantitative estimate of drug-likeness (QED) is 0.0261. The van der Waals surface area contributed by atoms with Gasteiger partial charge in [0.2, 0.25) is 0 Å². The summed E-state index contributed by atoms with van der Waals surface area (Å²) in [5.74, 6) is -0.936. The van der Waals surface area contributed by atoms with E-state index in [-0.39, 0.29) is 31.1 Å². The van der Waals surface area contributed by atoms with Crippen molar-refractivity contribution in [1.82, 2.24) is 0 Å². The molecule has 432 valence electrons. The molecular weight excluding hydrogens is 925 g/mol. The Balaban J connectivity index is 4.38. The summed E-state index contributed by atoms with van der Waals surface area (Å²) < 4.78 is 16.9. The molecule has 0 aromatic rings. The SMILES string of the molecule is CC/C=C\C/C=C\C/C=C\C/C=C\CCCCC(=O)OCC(COC(=O)CCCCCCCCCCCCCCCCCCCCCCCCC)OC(=O)CCCCCCCC/C=C\C/C=C\C/C=C\CCCCC. The van der Waals surface area contributed by atoms with Crippen LogP contribution in [0.4, 0.5) is 0 Å². The number of carbonyl (C=O) groups is 3. The first kappa shape index (κ1) is 71.6. The van der Waals surface area contributed by atoms with Gasteiger partial charge >= 0.3 is 17.9 Å². The van der Waals surface area contributed by atoms with Crippen molar-refractivity contribution in [2.45, 2.75) is 322 Å². The van der Waals surface area contributed by atoms with Gasteiger partial charge in [-0.2, -0.15) is 0 Å². The molecule has 75 heavy (non-hydrogen) atoms. The lowest BCUT2D eigenvalue weighted by Gasteiger charge is -2.18. The Bertz CT molecular complexity index is 1430. The Kier molecular flexibility index (Phi) is 60.3. The van der Waals surface area contributed by atoms with E-state index in [1.54, 1.807) is 0 Å². The van der Waals surface area contributed by atoms with E-state index >= 15 is 0 Å². The van der Waals surface area contributed by atoms with Crippen LogP contribution in [-0.2, 0) is 28.6 Å². The highest BCUT2D eigenvalue weighted by molar-refractivity contribution is 5.71. The lowest BCUT2D eigenvalue weighted by molar-refractivity contribution is -0.167. The maximum absolute atomic E-state index is 12.9. The van der Waals surface area contributed by atoms with E-state index in [0.29, 0.717) is 19.3 Å². The molecule has 0 rings (SSSR count). The molecule has 0 heterocycles. The summed E-state index contributed by atoms with van der Waals surface area (Å²) in [6.07, 6.45) is 83.1. The molecule has 0 N–H and O–H groups in total. The smallest absolute Gasteiger partial charge is 0.306 e. The Morgan fingerprint density at radius 1 is 0.280 bits per heavy atom. The second kappa shape index (κ2) is 63.1. The number of hydrogen-bond donors (Lipinski definition) is 0. The van der Waals surface area contributed by atoms with Crippen molar-refractivity contribution >= 4 is 17.9 Å². The molecule has 0 aliphatic heterocycles. The predicted octanol–water partition coefficient (Wildman–Crippen LogP) is 21.9. The molecule has 0 saturated carbocycles. The van der Waals surface area contributed by atoms with Gasteiger partial charge in [-0.15, -0.1) is 0 Å². The minimum Gasteiger partial charge on any atom is -0.462 e. The summed E-state index contributed by atoms with van der Waals surface area (Å²) in [6.45, 7) is 6.49. The van der Waals surface area contributed by atoms with Crippen LogP contribution in [0.2, 0.25) is 0 Å². The Morgan fingerprint density at radius 2 is 0.520 bits per heavy atom. The highest BCUT2D eigenvalue weighted by Crippen LogP contribution is 2.17. The zero-order valence-corrected chi connectivity index (χ0v) is 49.6. The molecule has 0 bridgehead atoms. The fourth-order valence-corrected chi connectivity index (χ4v) is 9.09. The van der Waals surface area contributed by atoms with Crippen LogP contribution in [0, 0.1) is 0 Å². The van der Waals surface area contributed by atoms with Crippen LogP contribution in [0.3, 0.4) is 0 Å². The third kappa shape index (κ3) is 61.3. The summed E-state index contributed by atoms with van der Waals surface area (Å²) in [7, 11) is 0.